The summed E-state index contributed by atoms with van der Waals surface area (Å²) in [5.41, 5.74) is 1.67. The predicted octanol–water partition coefficient (Wildman–Crippen LogP) is 3.86. The molecule has 0 fully saturated rings. The van der Waals surface area contributed by atoms with Gasteiger partial charge in [-0.2, -0.15) is 5.26 Å². The lowest BCUT2D eigenvalue weighted by Crippen LogP contribution is -2.20. The van der Waals surface area contributed by atoms with Crippen LogP contribution in [0.25, 0.3) is 0 Å². The van der Waals surface area contributed by atoms with Crippen molar-refractivity contribution in [3.63, 3.8) is 0 Å². The maximum Gasteiger partial charge on any atom is 0.264 e. The number of anilines is 1. The minimum Gasteiger partial charge on any atom is -0.484 e. The molecule has 0 atom stereocenters. The van der Waals surface area contributed by atoms with Crippen LogP contribution in [0, 0.1) is 17.1 Å². The van der Waals surface area contributed by atoms with E-state index in [9.17, 15) is 9.18 Å². The molecule has 0 saturated heterocycles. The third-order valence-electron chi connectivity index (χ3n) is 3.26. The number of halogens is 1. The van der Waals surface area contributed by atoms with Gasteiger partial charge < -0.3 is 4.74 Å². The molecule has 136 valence electrons. The first kappa shape index (κ1) is 18.8. The minimum absolute atomic E-state index is 0.253. The highest BCUT2D eigenvalue weighted by molar-refractivity contribution is 8.00. The van der Waals surface area contributed by atoms with Crippen molar-refractivity contribution in [3.05, 3.63) is 65.5 Å². The fraction of sp³-hybridized carbons (Fsp3) is 0.111. The van der Waals surface area contributed by atoms with Gasteiger partial charge in [-0.15, -0.1) is 10.2 Å². The standard InChI is InChI=1S/C18H13FN4O2S2/c19-14-2-1-3-15(8-14)25-10-16(24)21-17-22-23-18(27-17)26-11-13-6-4-12(9-20)5-7-13/h1-8H,10-11H2,(H,21,22,24). The van der Waals surface area contributed by atoms with E-state index in [2.05, 4.69) is 21.6 Å². The van der Waals surface area contributed by atoms with Crippen LogP contribution in [-0.4, -0.2) is 22.7 Å². The first-order valence-corrected chi connectivity index (χ1v) is 9.56. The molecule has 0 aliphatic carbocycles. The van der Waals surface area contributed by atoms with Crippen LogP contribution in [0.5, 0.6) is 5.75 Å². The number of nitrogens with zero attached hydrogens (tertiary/aromatic N) is 3. The number of thioether (sulfide) groups is 1. The molecule has 0 radical (unpaired) electrons. The van der Waals surface area contributed by atoms with Crippen LogP contribution in [0.3, 0.4) is 0 Å². The highest BCUT2D eigenvalue weighted by atomic mass is 32.2. The summed E-state index contributed by atoms with van der Waals surface area (Å²) >= 11 is 2.74. The highest BCUT2D eigenvalue weighted by Crippen LogP contribution is 2.28. The molecule has 3 aromatic rings. The van der Waals surface area contributed by atoms with Crippen LogP contribution in [0.15, 0.2) is 52.9 Å². The van der Waals surface area contributed by atoms with Crippen molar-refractivity contribution < 1.29 is 13.9 Å². The monoisotopic (exact) mass is 400 g/mol. The first-order valence-electron chi connectivity index (χ1n) is 7.76. The van der Waals surface area contributed by atoms with E-state index in [0.717, 1.165) is 5.56 Å². The third kappa shape index (κ3) is 5.77. The Labute approximate surface area is 163 Å². The van der Waals surface area contributed by atoms with Gasteiger partial charge in [-0.25, -0.2) is 4.39 Å². The van der Waals surface area contributed by atoms with E-state index >= 15 is 0 Å². The summed E-state index contributed by atoms with van der Waals surface area (Å²) < 4.78 is 19.0. The second-order valence-electron chi connectivity index (χ2n) is 5.26. The van der Waals surface area contributed by atoms with Gasteiger partial charge in [-0.05, 0) is 29.8 Å². The molecule has 1 N–H and O–H groups in total. The zero-order chi connectivity index (χ0) is 19.1. The summed E-state index contributed by atoms with van der Waals surface area (Å²) in [5, 5.41) is 19.7. The second kappa shape index (κ2) is 9.12. The van der Waals surface area contributed by atoms with E-state index in [4.69, 9.17) is 10.00 Å². The molecule has 9 heteroatoms. The summed E-state index contributed by atoms with van der Waals surface area (Å²) in [5.74, 6) is 0.123. The normalized spacial score (nSPS) is 10.2. The van der Waals surface area contributed by atoms with Gasteiger partial charge in [0.1, 0.15) is 11.6 Å². The average molecular weight is 400 g/mol. The first-order chi connectivity index (χ1) is 13.1. The smallest absolute Gasteiger partial charge is 0.264 e. The molecule has 0 unspecified atom stereocenters. The molecule has 3 rings (SSSR count). The maximum absolute atomic E-state index is 13.1. The summed E-state index contributed by atoms with van der Waals surface area (Å²) in [7, 11) is 0. The lowest BCUT2D eigenvalue weighted by atomic mass is 10.2. The molecule has 2 aromatic carbocycles. The Kier molecular flexibility index (Phi) is 6.35. The van der Waals surface area contributed by atoms with Gasteiger partial charge in [0.05, 0.1) is 11.6 Å². The number of amides is 1. The number of hydrogen-bond acceptors (Lipinski definition) is 7. The zero-order valence-corrected chi connectivity index (χ0v) is 15.5. The Morgan fingerprint density at radius 3 is 2.81 bits per heavy atom. The predicted molar refractivity (Wildman–Crippen MR) is 101 cm³/mol. The van der Waals surface area contributed by atoms with Gasteiger partial charge in [-0.3, -0.25) is 10.1 Å². The topological polar surface area (TPSA) is 87.9 Å². The minimum atomic E-state index is -0.430. The van der Waals surface area contributed by atoms with Crippen molar-refractivity contribution in [1.29, 1.82) is 5.26 Å². The summed E-state index contributed by atoms with van der Waals surface area (Å²) in [4.78, 5) is 11.9. The van der Waals surface area contributed by atoms with Crippen LogP contribution >= 0.6 is 23.1 Å². The molecular weight excluding hydrogens is 387 g/mol. The Hall–Kier alpha value is -2.96. The molecule has 0 aliphatic rings. The maximum atomic E-state index is 13.1. The Morgan fingerprint density at radius 1 is 1.26 bits per heavy atom. The quantitative estimate of drug-likeness (QED) is 0.479. The molecular formula is C18H13FN4O2S2. The molecule has 0 saturated carbocycles. The van der Waals surface area contributed by atoms with Crippen LogP contribution in [0.1, 0.15) is 11.1 Å². The van der Waals surface area contributed by atoms with E-state index in [1.165, 1.54) is 41.3 Å². The van der Waals surface area contributed by atoms with E-state index in [-0.39, 0.29) is 12.4 Å². The fourth-order valence-electron chi connectivity index (χ4n) is 2.00. The summed E-state index contributed by atoms with van der Waals surface area (Å²) in [6.45, 7) is -0.253. The van der Waals surface area contributed by atoms with Gasteiger partial charge in [0.25, 0.3) is 5.91 Å². The van der Waals surface area contributed by atoms with Gasteiger partial charge in [0, 0.05) is 11.8 Å². The molecule has 0 spiro atoms. The van der Waals surface area contributed by atoms with Gasteiger partial charge in [0.2, 0.25) is 5.13 Å². The number of hydrogen-bond donors (Lipinski definition) is 1. The Balaban J connectivity index is 1.46. The van der Waals surface area contributed by atoms with Gasteiger partial charge >= 0.3 is 0 Å². The van der Waals surface area contributed by atoms with Crippen LogP contribution < -0.4 is 10.1 Å². The third-order valence-corrected chi connectivity index (χ3v) is 5.31. The van der Waals surface area contributed by atoms with E-state index < -0.39 is 11.7 Å². The average Bonchev–Trinajstić information content (AvgIpc) is 3.12. The number of carbonyl (C=O) groups excluding carboxylic acids is 1. The number of nitrogens with one attached hydrogen (secondary N) is 1. The SMILES string of the molecule is N#Cc1ccc(CSc2nnc(NC(=O)COc3cccc(F)c3)s2)cc1. The Bertz CT molecular complexity index is 970. The number of carbonyl (C=O) groups is 1. The number of aromatic nitrogens is 2. The van der Waals surface area contributed by atoms with Crippen LogP contribution in [-0.2, 0) is 10.5 Å². The van der Waals surface area contributed by atoms with Crippen molar-refractivity contribution >= 4 is 34.1 Å². The fourth-order valence-corrected chi connectivity index (χ4v) is 3.72. The van der Waals surface area contributed by atoms with Gasteiger partial charge in [-0.1, -0.05) is 41.3 Å². The lowest BCUT2D eigenvalue weighted by molar-refractivity contribution is -0.118. The van der Waals surface area contributed by atoms with Crippen molar-refractivity contribution in [1.82, 2.24) is 10.2 Å². The molecule has 27 heavy (non-hydrogen) atoms. The molecule has 0 aliphatic heterocycles. The second-order valence-corrected chi connectivity index (χ2v) is 7.46. The summed E-state index contributed by atoms with van der Waals surface area (Å²) in [6.07, 6.45) is 0. The van der Waals surface area contributed by atoms with Crippen LogP contribution in [0.4, 0.5) is 9.52 Å². The van der Waals surface area contributed by atoms with Crippen LogP contribution in [0.2, 0.25) is 0 Å². The number of nitriles is 1. The Morgan fingerprint density at radius 2 is 2.07 bits per heavy atom. The zero-order valence-electron chi connectivity index (χ0n) is 13.9. The number of benzene rings is 2. The lowest BCUT2D eigenvalue weighted by Gasteiger charge is -2.05. The van der Waals surface area contributed by atoms with E-state index in [0.29, 0.717) is 20.8 Å². The number of rotatable bonds is 7. The molecule has 6 nitrogen and oxygen atoms in total. The highest BCUT2D eigenvalue weighted by Gasteiger charge is 2.10. The largest absolute Gasteiger partial charge is 0.484 e. The molecule has 1 amide bonds. The number of ether oxygens (including phenoxy) is 1. The van der Waals surface area contributed by atoms with E-state index in [1.807, 2.05) is 12.1 Å². The van der Waals surface area contributed by atoms with Crippen molar-refractivity contribution in [3.8, 4) is 11.8 Å². The van der Waals surface area contributed by atoms with Gasteiger partial charge in [0.15, 0.2) is 10.9 Å². The summed E-state index contributed by atoms with van der Waals surface area (Å²) in [6, 6.07) is 15.0. The molecule has 0 bridgehead atoms. The molecule has 1 heterocycles. The van der Waals surface area contributed by atoms with Crippen molar-refractivity contribution in [2.24, 2.45) is 0 Å². The van der Waals surface area contributed by atoms with Crippen molar-refractivity contribution in [2.75, 3.05) is 11.9 Å². The van der Waals surface area contributed by atoms with Crippen molar-refractivity contribution in [2.45, 2.75) is 10.1 Å². The van der Waals surface area contributed by atoms with E-state index in [1.54, 1.807) is 18.2 Å². The molecule has 1 aromatic heterocycles.